The molecule has 0 saturated carbocycles. The molecule has 0 spiro atoms. The lowest BCUT2D eigenvalue weighted by Crippen LogP contribution is -2.45. The van der Waals surface area contributed by atoms with E-state index in [4.69, 9.17) is 28.9 Å². The maximum absolute atomic E-state index is 12.3. The van der Waals surface area contributed by atoms with Gasteiger partial charge in [0.15, 0.2) is 0 Å². The third kappa shape index (κ3) is 5.05. The van der Waals surface area contributed by atoms with Crippen LogP contribution in [0.4, 0.5) is 0 Å². The molecule has 1 amide bonds. The topological polar surface area (TPSA) is 46.3 Å². The van der Waals surface area contributed by atoms with Crippen LogP contribution in [0.2, 0.25) is 10.0 Å². The van der Waals surface area contributed by atoms with E-state index in [0.29, 0.717) is 27.5 Å². The predicted molar refractivity (Wildman–Crippen MR) is 95.6 cm³/mol. The van der Waals surface area contributed by atoms with Gasteiger partial charge in [-0.2, -0.15) is 0 Å². The van der Waals surface area contributed by atoms with Crippen molar-refractivity contribution in [3.8, 4) is 0 Å². The van der Waals surface area contributed by atoms with E-state index in [1.807, 2.05) is 24.0 Å². The summed E-state index contributed by atoms with van der Waals surface area (Å²) in [5.74, 6) is 1.81. The lowest BCUT2D eigenvalue weighted by Gasteiger charge is -2.34. The Labute approximate surface area is 146 Å². The van der Waals surface area contributed by atoms with E-state index in [-0.39, 0.29) is 11.9 Å². The fourth-order valence-corrected chi connectivity index (χ4v) is 4.13. The highest BCUT2D eigenvalue weighted by Crippen LogP contribution is 2.25. The summed E-state index contributed by atoms with van der Waals surface area (Å²) in [5.41, 5.74) is 6.98. The van der Waals surface area contributed by atoms with Gasteiger partial charge in [-0.15, -0.1) is 11.8 Å². The van der Waals surface area contributed by atoms with E-state index in [9.17, 15) is 4.79 Å². The van der Waals surface area contributed by atoms with E-state index in [0.717, 1.165) is 31.5 Å². The first-order chi connectivity index (χ1) is 10.5. The molecule has 1 fully saturated rings. The van der Waals surface area contributed by atoms with Crippen molar-refractivity contribution in [2.75, 3.05) is 18.8 Å². The first-order valence-corrected chi connectivity index (χ1v) is 9.43. The number of thioether (sulfide) groups is 1. The molecule has 2 N–H and O–H groups in total. The van der Waals surface area contributed by atoms with Crippen molar-refractivity contribution in [3.05, 3.63) is 33.8 Å². The molecule has 1 aromatic carbocycles. The molecule has 1 aliphatic rings. The summed E-state index contributed by atoms with van der Waals surface area (Å²) in [6.07, 6.45) is 2.17. The monoisotopic (exact) mass is 360 g/mol. The highest BCUT2D eigenvalue weighted by Gasteiger charge is 2.25. The average molecular weight is 361 g/mol. The van der Waals surface area contributed by atoms with Crippen LogP contribution in [0.25, 0.3) is 0 Å². The summed E-state index contributed by atoms with van der Waals surface area (Å²) >= 11 is 13.6. The Hall–Kier alpha value is -0.420. The highest BCUT2D eigenvalue weighted by molar-refractivity contribution is 7.99. The molecule has 1 aliphatic heterocycles. The molecule has 2 atom stereocenters. The lowest BCUT2D eigenvalue weighted by molar-refractivity contribution is -0.130. The number of nitrogens with two attached hydrogens (primary N) is 1. The quantitative estimate of drug-likeness (QED) is 0.868. The Morgan fingerprint density at radius 3 is 2.95 bits per heavy atom. The summed E-state index contributed by atoms with van der Waals surface area (Å²) < 4.78 is 0. The van der Waals surface area contributed by atoms with Gasteiger partial charge < -0.3 is 10.6 Å². The van der Waals surface area contributed by atoms with Gasteiger partial charge >= 0.3 is 0 Å². The number of amides is 1. The van der Waals surface area contributed by atoms with Gasteiger partial charge in [-0.05, 0) is 43.4 Å². The van der Waals surface area contributed by atoms with Crippen LogP contribution in [0.1, 0.15) is 25.3 Å². The number of carbonyl (C=O) groups is 1. The van der Waals surface area contributed by atoms with Gasteiger partial charge in [0.1, 0.15) is 0 Å². The molecule has 2 unspecified atom stereocenters. The SMILES string of the molecule is CC(N)C1CCCN(C(=O)CSCc2ccc(Cl)cc2Cl)C1. The molecule has 3 nitrogen and oxygen atoms in total. The molecule has 0 radical (unpaired) electrons. The van der Waals surface area contributed by atoms with Gasteiger partial charge in [0.25, 0.3) is 0 Å². The molecular weight excluding hydrogens is 339 g/mol. The summed E-state index contributed by atoms with van der Waals surface area (Å²) in [7, 11) is 0. The van der Waals surface area contributed by atoms with Crippen LogP contribution in [-0.2, 0) is 10.5 Å². The number of rotatable bonds is 5. The Kier molecular flexibility index (Phi) is 6.87. The minimum Gasteiger partial charge on any atom is -0.342 e. The number of piperidine rings is 1. The van der Waals surface area contributed by atoms with Crippen molar-refractivity contribution in [1.82, 2.24) is 4.90 Å². The third-order valence-corrected chi connectivity index (χ3v) is 5.61. The molecule has 1 heterocycles. The van der Waals surface area contributed by atoms with Crippen molar-refractivity contribution in [1.29, 1.82) is 0 Å². The highest BCUT2D eigenvalue weighted by atomic mass is 35.5. The molecule has 1 aromatic rings. The van der Waals surface area contributed by atoms with Crippen LogP contribution in [0.3, 0.4) is 0 Å². The van der Waals surface area contributed by atoms with Crippen molar-refractivity contribution in [2.45, 2.75) is 31.6 Å². The molecule has 1 saturated heterocycles. The number of halogens is 2. The summed E-state index contributed by atoms with van der Waals surface area (Å²) in [6.45, 7) is 3.67. The van der Waals surface area contributed by atoms with E-state index in [1.54, 1.807) is 17.8 Å². The average Bonchev–Trinajstić information content (AvgIpc) is 2.49. The Balaban J connectivity index is 1.80. The first kappa shape index (κ1) is 17.9. The molecule has 2 rings (SSSR count). The van der Waals surface area contributed by atoms with Gasteiger partial charge in [0.05, 0.1) is 5.75 Å². The van der Waals surface area contributed by atoms with Gasteiger partial charge in [0.2, 0.25) is 5.91 Å². The summed E-state index contributed by atoms with van der Waals surface area (Å²) in [4.78, 5) is 14.3. The minimum atomic E-state index is 0.149. The molecule has 0 bridgehead atoms. The number of benzene rings is 1. The van der Waals surface area contributed by atoms with Crippen LogP contribution in [0.15, 0.2) is 18.2 Å². The van der Waals surface area contributed by atoms with Gasteiger partial charge in [-0.3, -0.25) is 4.79 Å². The van der Waals surface area contributed by atoms with E-state index in [2.05, 4.69) is 0 Å². The van der Waals surface area contributed by atoms with Crippen LogP contribution in [-0.4, -0.2) is 35.7 Å². The number of hydrogen-bond donors (Lipinski definition) is 1. The predicted octanol–water partition coefficient (Wildman–Crippen LogP) is 3.81. The smallest absolute Gasteiger partial charge is 0.232 e. The number of nitrogens with zero attached hydrogens (tertiary/aromatic N) is 1. The first-order valence-electron chi connectivity index (χ1n) is 7.52. The van der Waals surface area contributed by atoms with E-state index in [1.165, 1.54) is 0 Å². The molecule has 6 heteroatoms. The molecule has 122 valence electrons. The Bertz CT molecular complexity index is 525. The second kappa shape index (κ2) is 8.44. The van der Waals surface area contributed by atoms with Crippen LogP contribution < -0.4 is 5.73 Å². The zero-order valence-corrected chi connectivity index (χ0v) is 15.1. The van der Waals surface area contributed by atoms with Crippen molar-refractivity contribution < 1.29 is 4.79 Å². The zero-order valence-electron chi connectivity index (χ0n) is 12.7. The lowest BCUT2D eigenvalue weighted by atomic mass is 9.92. The molecular formula is C16H22Cl2N2OS. The maximum Gasteiger partial charge on any atom is 0.232 e. The fraction of sp³-hybridized carbons (Fsp3) is 0.562. The number of likely N-dealkylation sites (tertiary alicyclic amines) is 1. The Morgan fingerprint density at radius 2 is 2.27 bits per heavy atom. The largest absolute Gasteiger partial charge is 0.342 e. The normalized spacial score (nSPS) is 20.0. The number of carbonyl (C=O) groups excluding carboxylic acids is 1. The minimum absolute atomic E-state index is 0.149. The van der Waals surface area contributed by atoms with Crippen LogP contribution >= 0.6 is 35.0 Å². The van der Waals surface area contributed by atoms with Crippen LogP contribution in [0, 0.1) is 5.92 Å². The standard InChI is InChI=1S/C16H22Cl2N2OS/c1-11(19)12-3-2-6-20(8-12)16(21)10-22-9-13-4-5-14(17)7-15(13)18/h4-5,7,11-12H,2-3,6,8-10,19H2,1H3. The summed E-state index contributed by atoms with van der Waals surface area (Å²) in [5, 5.41) is 1.28. The van der Waals surface area contributed by atoms with Gasteiger partial charge in [-0.1, -0.05) is 29.3 Å². The van der Waals surface area contributed by atoms with E-state index < -0.39 is 0 Å². The Morgan fingerprint density at radius 1 is 1.50 bits per heavy atom. The van der Waals surface area contributed by atoms with Crippen molar-refractivity contribution >= 4 is 40.9 Å². The second-order valence-electron chi connectivity index (χ2n) is 5.83. The third-order valence-electron chi connectivity index (χ3n) is 4.05. The molecule has 0 aromatic heterocycles. The molecule has 22 heavy (non-hydrogen) atoms. The zero-order chi connectivity index (χ0) is 16.1. The maximum atomic E-state index is 12.3. The fourth-order valence-electron chi connectivity index (χ4n) is 2.64. The van der Waals surface area contributed by atoms with Crippen molar-refractivity contribution in [2.24, 2.45) is 11.7 Å². The van der Waals surface area contributed by atoms with Gasteiger partial charge in [-0.25, -0.2) is 0 Å². The van der Waals surface area contributed by atoms with Crippen LogP contribution in [0.5, 0.6) is 0 Å². The van der Waals surface area contributed by atoms with E-state index >= 15 is 0 Å². The molecule has 0 aliphatic carbocycles. The second-order valence-corrected chi connectivity index (χ2v) is 7.66. The van der Waals surface area contributed by atoms with Crippen molar-refractivity contribution in [3.63, 3.8) is 0 Å². The van der Waals surface area contributed by atoms with Gasteiger partial charge in [0, 0.05) is 34.9 Å². The summed E-state index contributed by atoms with van der Waals surface area (Å²) in [6, 6.07) is 5.62. The number of hydrogen-bond acceptors (Lipinski definition) is 3.